The van der Waals surface area contributed by atoms with E-state index in [4.69, 9.17) is 10.5 Å². The van der Waals surface area contributed by atoms with E-state index in [1.165, 1.54) is 0 Å². The van der Waals surface area contributed by atoms with Crippen LogP contribution in [0.5, 0.6) is 0 Å². The van der Waals surface area contributed by atoms with Crippen LogP contribution in [0.2, 0.25) is 0 Å². The van der Waals surface area contributed by atoms with E-state index in [2.05, 4.69) is 6.92 Å². The quantitative estimate of drug-likeness (QED) is 0.827. The Bertz CT molecular complexity index is 305. The van der Waals surface area contributed by atoms with Gasteiger partial charge in [0.15, 0.2) is 0 Å². The summed E-state index contributed by atoms with van der Waals surface area (Å²) in [4.78, 5) is 14.3. The highest BCUT2D eigenvalue weighted by atomic mass is 16.5. The molecule has 0 atom stereocenters. The van der Waals surface area contributed by atoms with Crippen LogP contribution >= 0.6 is 0 Å². The molecule has 4 nitrogen and oxygen atoms in total. The highest BCUT2D eigenvalue weighted by Crippen LogP contribution is 2.34. The number of hydrogen-bond acceptors (Lipinski definition) is 3. The fourth-order valence-corrected chi connectivity index (χ4v) is 3.09. The van der Waals surface area contributed by atoms with Crippen molar-refractivity contribution >= 4 is 5.91 Å². The van der Waals surface area contributed by atoms with Crippen molar-refractivity contribution in [3.8, 4) is 0 Å². The lowest BCUT2D eigenvalue weighted by molar-refractivity contribution is -0.136. The molecular formula is C15H28N2O2. The maximum atomic E-state index is 12.2. The molecule has 0 radical (unpaired) electrons. The number of nitrogens with zero attached hydrogens (tertiary/aromatic N) is 1. The minimum atomic E-state index is 0.243. The van der Waals surface area contributed by atoms with Crippen molar-refractivity contribution in [3.05, 3.63) is 0 Å². The second-order valence-corrected chi connectivity index (χ2v) is 6.51. The Morgan fingerprint density at radius 3 is 2.53 bits per heavy atom. The van der Waals surface area contributed by atoms with Gasteiger partial charge in [0.2, 0.25) is 5.91 Å². The Morgan fingerprint density at radius 2 is 2.00 bits per heavy atom. The maximum Gasteiger partial charge on any atom is 0.222 e. The molecule has 19 heavy (non-hydrogen) atoms. The van der Waals surface area contributed by atoms with Gasteiger partial charge >= 0.3 is 0 Å². The predicted octanol–water partition coefficient (Wildman–Crippen LogP) is 1.78. The second-order valence-electron chi connectivity index (χ2n) is 6.51. The number of ether oxygens (including phenoxy) is 1. The zero-order valence-corrected chi connectivity index (χ0v) is 12.4. The third kappa shape index (κ3) is 3.69. The molecule has 1 saturated carbocycles. The zero-order valence-electron chi connectivity index (χ0n) is 12.4. The molecule has 0 aromatic rings. The van der Waals surface area contributed by atoms with E-state index in [1.54, 1.807) is 0 Å². The highest BCUT2D eigenvalue weighted by Gasteiger charge is 2.34. The van der Waals surface area contributed by atoms with Gasteiger partial charge in [-0.25, -0.2) is 0 Å². The molecule has 110 valence electrons. The van der Waals surface area contributed by atoms with E-state index in [0.717, 1.165) is 51.9 Å². The van der Waals surface area contributed by atoms with Crippen molar-refractivity contribution in [3.63, 3.8) is 0 Å². The number of likely N-dealkylation sites (tertiary alicyclic amines) is 1. The summed E-state index contributed by atoms with van der Waals surface area (Å²) in [5.74, 6) is 0.880. The lowest BCUT2D eigenvalue weighted by Gasteiger charge is -2.40. The van der Waals surface area contributed by atoms with Crippen LogP contribution in [-0.2, 0) is 9.53 Å². The molecule has 1 saturated heterocycles. The van der Waals surface area contributed by atoms with Gasteiger partial charge in [-0.1, -0.05) is 6.92 Å². The highest BCUT2D eigenvalue weighted by molar-refractivity contribution is 5.76. The fourth-order valence-electron chi connectivity index (χ4n) is 3.09. The van der Waals surface area contributed by atoms with E-state index in [9.17, 15) is 4.79 Å². The monoisotopic (exact) mass is 268 g/mol. The molecule has 2 N–H and O–H groups in total. The average molecular weight is 268 g/mol. The summed E-state index contributed by atoms with van der Waals surface area (Å²) < 4.78 is 5.54. The Morgan fingerprint density at radius 1 is 1.37 bits per heavy atom. The third-order valence-electron chi connectivity index (χ3n) is 4.87. The van der Waals surface area contributed by atoms with Gasteiger partial charge in [0.25, 0.3) is 0 Å². The fraction of sp³-hybridized carbons (Fsp3) is 0.933. The second kappa shape index (κ2) is 6.23. The minimum absolute atomic E-state index is 0.243. The molecule has 0 bridgehead atoms. The summed E-state index contributed by atoms with van der Waals surface area (Å²) in [7, 11) is 0. The summed E-state index contributed by atoms with van der Waals surface area (Å²) >= 11 is 0. The van der Waals surface area contributed by atoms with Crippen LogP contribution < -0.4 is 5.73 Å². The molecule has 0 spiro atoms. The van der Waals surface area contributed by atoms with Crippen LogP contribution in [0, 0.1) is 11.3 Å². The molecular weight excluding hydrogens is 240 g/mol. The normalized spacial score (nSPS) is 29.9. The lowest BCUT2D eigenvalue weighted by atomic mass is 9.78. The smallest absolute Gasteiger partial charge is 0.222 e. The van der Waals surface area contributed by atoms with Gasteiger partial charge < -0.3 is 15.4 Å². The van der Waals surface area contributed by atoms with Gasteiger partial charge in [-0.2, -0.15) is 0 Å². The number of carbonyl (C=O) groups is 1. The predicted molar refractivity (Wildman–Crippen MR) is 75.7 cm³/mol. The summed E-state index contributed by atoms with van der Waals surface area (Å²) in [6, 6.07) is 0. The van der Waals surface area contributed by atoms with E-state index < -0.39 is 0 Å². The van der Waals surface area contributed by atoms with Crippen LogP contribution in [0.15, 0.2) is 0 Å². The molecule has 2 aliphatic rings. The summed E-state index contributed by atoms with van der Waals surface area (Å²) in [6.07, 6.45) is 5.33. The zero-order chi connectivity index (χ0) is 13.9. The molecule has 0 aromatic carbocycles. The minimum Gasteiger partial charge on any atom is -0.378 e. The molecule has 2 fully saturated rings. The van der Waals surface area contributed by atoms with Crippen LogP contribution in [0.25, 0.3) is 0 Å². The molecule has 0 unspecified atom stereocenters. The van der Waals surface area contributed by atoms with Gasteiger partial charge in [0.1, 0.15) is 0 Å². The molecule has 4 heteroatoms. The first-order chi connectivity index (χ1) is 9.06. The Balaban J connectivity index is 1.68. The maximum absolute atomic E-state index is 12.2. The molecule has 2 rings (SSSR count). The number of carbonyl (C=O) groups excluding carboxylic acids is 1. The number of nitrogens with two attached hydrogens (primary N) is 1. The molecule has 1 amide bonds. The van der Waals surface area contributed by atoms with Crippen LogP contribution in [0.3, 0.4) is 0 Å². The average Bonchev–Trinajstić information content (AvgIpc) is 2.37. The first-order valence-electron chi connectivity index (χ1n) is 7.66. The SMILES string of the molecule is CCOC1CC(CC(=O)N2CCC(C)(CN)CC2)C1. The largest absolute Gasteiger partial charge is 0.378 e. The first-order valence-corrected chi connectivity index (χ1v) is 7.66. The molecule has 1 heterocycles. The van der Waals surface area contributed by atoms with Crippen LogP contribution in [-0.4, -0.2) is 43.2 Å². The first kappa shape index (κ1) is 14.8. The summed E-state index contributed by atoms with van der Waals surface area (Å²) in [5, 5.41) is 0. The van der Waals surface area contributed by atoms with Gasteiger partial charge in [-0.05, 0) is 50.5 Å². The van der Waals surface area contributed by atoms with Crippen molar-refractivity contribution in [1.82, 2.24) is 4.90 Å². The number of rotatable bonds is 5. The van der Waals surface area contributed by atoms with Crippen LogP contribution in [0.1, 0.15) is 46.0 Å². The van der Waals surface area contributed by atoms with Crippen molar-refractivity contribution in [2.45, 2.75) is 52.1 Å². The Labute approximate surface area is 116 Å². The summed E-state index contributed by atoms with van der Waals surface area (Å²) in [5.41, 5.74) is 6.04. The lowest BCUT2D eigenvalue weighted by Crippen LogP contribution is -2.46. The van der Waals surface area contributed by atoms with Gasteiger partial charge in [0, 0.05) is 26.1 Å². The standard InChI is InChI=1S/C15H28N2O2/c1-3-19-13-8-12(9-13)10-14(18)17-6-4-15(2,11-16)5-7-17/h12-13H,3-11,16H2,1-2H3. The molecule has 0 aromatic heterocycles. The third-order valence-corrected chi connectivity index (χ3v) is 4.87. The van der Waals surface area contributed by atoms with Crippen molar-refractivity contribution in [2.75, 3.05) is 26.2 Å². The van der Waals surface area contributed by atoms with Crippen LogP contribution in [0.4, 0.5) is 0 Å². The summed E-state index contributed by atoms with van der Waals surface area (Å²) in [6.45, 7) is 7.54. The Kier molecular flexibility index (Phi) is 4.85. The van der Waals surface area contributed by atoms with Gasteiger partial charge in [0.05, 0.1) is 6.10 Å². The van der Waals surface area contributed by atoms with E-state index in [-0.39, 0.29) is 5.41 Å². The topological polar surface area (TPSA) is 55.6 Å². The van der Waals surface area contributed by atoms with E-state index in [0.29, 0.717) is 24.3 Å². The van der Waals surface area contributed by atoms with Gasteiger partial charge in [-0.15, -0.1) is 0 Å². The Hall–Kier alpha value is -0.610. The molecule has 1 aliphatic heterocycles. The number of hydrogen-bond donors (Lipinski definition) is 1. The van der Waals surface area contributed by atoms with Crippen molar-refractivity contribution in [1.29, 1.82) is 0 Å². The van der Waals surface area contributed by atoms with Crippen molar-refractivity contribution < 1.29 is 9.53 Å². The van der Waals surface area contributed by atoms with E-state index in [1.807, 2.05) is 11.8 Å². The number of piperidine rings is 1. The van der Waals surface area contributed by atoms with E-state index >= 15 is 0 Å². The number of amides is 1. The van der Waals surface area contributed by atoms with Gasteiger partial charge in [-0.3, -0.25) is 4.79 Å². The van der Waals surface area contributed by atoms with Crippen molar-refractivity contribution in [2.24, 2.45) is 17.1 Å². The molecule has 1 aliphatic carbocycles.